The fourth-order valence-corrected chi connectivity index (χ4v) is 2.13. The number of hydrogen-bond donors (Lipinski definition) is 1. The summed E-state index contributed by atoms with van der Waals surface area (Å²) in [5, 5.41) is 8.64. The number of aromatic nitrogens is 2. The highest BCUT2D eigenvalue weighted by Gasteiger charge is 2.07. The van der Waals surface area contributed by atoms with Crippen LogP contribution in [0.25, 0.3) is 0 Å². The predicted molar refractivity (Wildman–Crippen MR) is 61.2 cm³/mol. The maximum absolute atomic E-state index is 13.4. The summed E-state index contributed by atoms with van der Waals surface area (Å²) in [5.74, 6) is -0.252. The quantitative estimate of drug-likeness (QED) is 0.924. The predicted octanol–water partition coefficient (Wildman–Crippen LogP) is 2.61. The molecule has 1 aromatic carbocycles. The average molecular weight is 288 g/mol. The van der Waals surface area contributed by atoms with E-state index in [1.54, 1.807) is 12.1 Å². The largest absolute Gasteiger partial charge is 0.374 e. The van der Waals surface area contributed by atoms with Gasteiger partial charge in [0, 0.05) is 10.9 Å². The van der Waals surface area contributed by atoms with Crippen LogP contribution < -0.4 is 5.73 Å². The molecule has 0 fully saturated rings. The summed E-state index contributed by atoms with van der Waals surface area (Å²) in [4.78, 5) is 0. The molecule has 0 unspecified atom stereocenters. The Morgan fingerprint density at radius 2 is 2.20 bits per heavy atom. The molecule has 2 rings (SSSR count). The van der Waals surface area contributed by atoms with Crippen LogP contribution in [-0.4, -0.2) is 10.2 Å². The van der Waals surface area contributed by atoms with Gasteiger partial charge in [0.1, 0.15) is 10.8 Å². The van der Waals surface area contributed by atoms with Crippen molar-refractivity contribution in [1.29, 1.82) is 0 Å². The van der Waals surface area contributed by atoms with E-state index in [0.29, 0.717) is 22.1 Å². The smallest absolute Gasteiger partial charge is 0.203 e. The van der Waals surface area contributed by atoms with E-state index in [1.807, 2.05) is 0 Å². The highest BCUT2D eigenvalue weighted by molar-refractivity contribution is 9.10. The van der Waals surface area contributed by atoms with Gasteiger partial charge in [-0.15, -0.1) is 10.2 Å². The third-order valence-corrected chi connectivity index (χ3v) is 3.08. The van der Waals surface area contributed by atoms with Crippen LogP contribution in [0.1, 0.15) is 10.6 Å². The summed E-state index contributed by atoms with van der Waals surface area (Å²) in [5.41, 5.74) is 6.03. The Bertz CT molecular complexity index is 486. The van der Waals surface area contributed by atoms with Crippen LogP contribution in [0.15, 0.2) is 22.7 Å². The van der Waals surface area contributed by atoms with Crippen molar-refractivity contribution < 1.29 is 4.39 Å². The molecule has 0 atom stereocenters. The Kier molecular flexibility index (Phi) is 2.97. The molecule has 0 aliphatic carbocycles. The second kappa shape index (κ2) is 4.24. The average Bonchev–Trinajstić information content (AvgIpc) is 2.56. The fraction of sp³-hybridized carbons (Fsp3) is 0.111. The van der Waals surface area contributed by atoms with E-state index >= 15 is 0 Å². The van der Waals surface area contributed by atoms with Crippen molar-refractivity contribution >= 4 is 32.4 Å². The molecule has 15 heavy (non-hydrogen) atoms. The SMILES string of the molecule is Nc1nnc(Cc2ccc(Br)cc2F)s1. The minimum absolute atomic E-state index is 0.252. The lowest BCUT2D eigenvalue weighted by Gasteiger charge is -2.00. The number of nitrogens with zero attached hydrogens (tertiary/aromatic N) is 2. The molecule has 2 N–H and O–H groups in total. The lowest BCUT2D eigenvalue weighted by molar-refractivity contribution is 0.612. The second-order valence-corrected chi connectivity index (χ2v) is 4.96. The number of nitrogens with two attached hydrogens (primary N) is 1. The van der Waals surface area contributed by atoms with E-state index in [4.69, 9.17) is 5.73 Å². The molecule has 0 amide bonds. The van der Waals surface area contributed by atoms with E-state index < -0.39 is 0 Å². The monoisotopic (exact) mass is 287 g/mol. The maximum atomic E-state index is 13.4. The maximum Gasteiger partial charge on any atom is 0.203 e. The van der Waals surface area contributed by atoms with Gasteiger partial charge in [-0.2, -0.15) is 0 Å². The Morgan fingerprint density at radius 3 is 2.80 bits per heavy atom. The highest BCUT2D eigenvalue weighted by Crippen LogP contribution is 2.20. The molecule has 0 aliphatic heterocycles. The van der Waals surface area contributed by atoms with E-state index in [1.165, 1.54) is 17.4 Å². The summed E-state index contributed by atoms with van der Waals surface area (Å²) in [7, 11) is 0. The molecular formula is C9H7BrFN3S. The minimum Gasteiger partial charge on any atom is -0.374 e. The van der Waals surface area contributed by atoms with Crippen molar-refractivity contribution in [3.63, 3.8) is 0 Å². The standard InChI is InChI=1S/C9H7BrFN3S/c10-6-2-1-5(7(11)4-6)3-8-13-14-9(12)15-8/h1-2,4H,3H2,(H2,12,14). The topological polar surface area (TPSA) is 51.8 Å². The van der Waals surface area contributed by atoms with Gasteiger partial charge < -0.3 is 5.73 Å². The van der Waals surface area contributed by atoms with Gasteiger partial charge in [-0.05, 0) is 17.7 Å². The van der Waals surface area contributed by atoms with Crippen molar-refractivity contribution in [2.75, 3.05) is 5.73 Å². The lowest BCUT2D eigenvalue weighted by Crippen LogP contribution is -1.92. The number of anilines is 1. The minimum atomic E-state index is -0.252. The number of rotatable bonds is 2. The Hall–Kier alpha value is -1.01. The number of benzene rings is 1. The molecule has 0 bridgehead atoms. The van der Waals surface area contributed by atoms with Crippen LogP contribution in [-0.2, 0) is 6.42 Å². The molecule has 0 saturated heterocycles. The first-order chi connectivity index (χ1) is 7.15. The third-order valence-electron chi connectivity index (χ3n) is 1.84. The zero-order valence-corrected chi connectivity index (χ0v) is 9.98. The number of halogens is 2. The molecule has 0 spiro atoms. The molecule has 78 valence electrons. The number of nitrogen functional groups attached to an aromatic ring is 1. The summed E-state index contributed by atoms with van der Waals surface area (Å²) in [6.07, 6.45) is 0.425. The molecule has 3 nitrogen and oxygen atoms in total. The van der Waals surface area contributed by atoms with Crippen LogP contribution in [0.2, 0.25) is 0 Å². The van der Waals surface area contributed by atoms with Gasteiger partial charge in [-0.3, -0.25) is 0 Å². The van der Waals surface area contributed by atoms with Gasteiger partial charge in [0.2, 0.25) is 5.13 Å². The normalized spacial score (nSPS) is 10.5. The Morgan fingerprint density at radius 1 is 1.40 bits per heavy atom. The Labute approximate surface area is 98.3 Å². The van der Waals surface area contributed by atoms with Gasteiger partial charge >= 0.3 is 0 Å². The molecule has 0 aliphatic rings. The summed E-state index contributed by atoms with van der Waals surface area (Å²) in [6.45, 7) is 0. The summed E-state index contributed by atoms with van der Waals surface area (Å²) >= 11 is 4.47. The van der Waals surface area contributed by atoms with E-state index in [2.05, 4.69) is 26.1 Å². The van der Waals surface area contributed by atoms with Crippen LogP contribution in [0.3, 0.4) is 0 Å². The van der Waals surface area contributed by atoms with Gasteiger partial charge in [0.25, 0.3) is 0 Å². The first-order valence-electron chi connectivity index (χ1n) is 4.17. The van der Waals surface area contributed by atoms with Crippen LogP contribution in [0.5, 0.6) is 0 Å². The van der Waals surface area contributed by atoms with Crippen LogP contribution >= 0.6 is 27.3 Å². The van der Waals surface area contributed by atoms with Crippen LogP contribution in [0, 0.1) is 5.82 Å². The van der Waals surface area contributed by atoms with Crippen molar-refractivity contribution in [2.24, 2.45) is 0 Å². The lowest BCUT2D eigenvalue weighted by atomic mass is 10.1. The van der Waals surface area contributed by atoms with E-state index in [-0.39, 0.29) is 5.82 Å². The molecule has 2 aromatic rings. The molecule has 0 saturated carbocycles. The van der Waals surface area contributed by atoms with Crippen molar-refractivity contribution in [3.8, 4) is 0 Å². The van der Waals surface area contributed by atoms with Gasteiger partial charge in [-0.1, -0.05) is 33.3 Å². The molecular weight excluding hydrogens is 281 g/mol. The zero-order valence-electron chi connectivity index (χ0n) is 7.58. The summed E-state index contributed by atoms with van der Waals surface area (Å²) < 4.78 is 14.2. The van der Waals surface area contributed by atoms with Gasteiger partial charge in [0.15, 0.2) is 0 Å². The van der Waals surface area contributed by atoms with Crippen molar-refractivity contribution in [2.45, 2.75) is 6.42 Å². The highest BCUT2D eigenvalue weighted by atomic mass is 79.9. The van der Waals surface area contributed by atoms with Gasteiger partial charge in [0.05, 0.1) is 0 Å². The van der Waals surface area contributed by atoms with Gasteiger partial charge in [-0.25, -0.2) is 4.39 Å². The van der Waals surface area contributed by atoms with Crippen molar-refractivity contribution in [3.05, 3.63) is 39.1 Å². The first-order valence-corrected chi connectivity index (χ1v) is 5.78. The fourth-order valence-electron chi connectivity index (χ4n) is 1.17. The molecule has 0 radical (unpaired) electrons. The number of hydrogen-bond acceptors (Lipinski definition) is 4. The zero-order chi connectivity index (χ0) is 10.8. The first kappa shape index (κ1) is 10.5. The van der Waals surface area contributed by atoms with E-state index in [0.717, 1.165) is 4.47 Å². The van der Waals surface area contributed by atoms with Crippen LogP contribution in [0.4, 0.5) is 9.52 Å². The molecule has 6 heteroatoms. The second-order valence-electron chi connectivity index (χ2n) is 2.95. The van der Waals surface area contributed by atoms with E-state index in [9.17, 15) is 4.39 Å². The summed E-state index contributed by atoms with van der Waals surface area (Å²) in [6, 6.07) is 4.94. The molecule has 1 heterocycles. The Balaban J connectivity index is 2.24. The van der Waals surface area contributed by atoms with Crippen molar-refractivity contribution in [1.82, 2.24) is 10.2 Å². The third kappa shape index (κ3) is 2.51. The molecule has 1 aromatic heterocycles.